The number of nitrogens with one attached hydrogen (secondary N) is 3. The molecular formula is C79H109Cl10N16O36P5S. The predicted octanol–water partition coefficient (Wildman–Crippen LogP) is 10.3. The summed E-state index contributed by atoms with van der Waals surface area (Å²) in [6.07, 6.45) is -12.8. The number of phosphoric acid groups is 3. The summed E-state index contributed by atoms with van der Waals surface area (Å²) in [7, 11) is -20.0. The zero-order valence-electron chi connectivity index (χ0n) is 80.3. The van der Waals surface area contributed by atoms with Gasteiger partial charge in [-0.1, -0.05) is 167 Å². The predicted molar refractivity (Wildman–Crippen MR) is 535 cm³/mol. The number of carbonyl (C=O) groups is 3. The van der Waals surface area contributed by atoms with Crippen LogP contribution in [0.2, 0.25) is 0 Å². The minimum absolute atomic E-state index is 0.0281. The van der Waals surface area contributed by atoms with Gasteiger partial charge in [0.05, 0.1) is 70.2 Å². The fraction of sp³-hybridized carbons (Fsp3) is 0.633. The number of fused-ring (bicyclic) bond motifs is 3. The molecule has 0 amide bonds. The first-order valence-electron chi connectivity index (χ1n) is 44.1. The summed E-state index contributed by atoms with van der Waals surface area (Å²) in [5.41, 5.74) is 16.9. The number of carbonyl (C=O) groups excluding carboxylic acids is 3. The lowest BCUT2D eigenvalue weighted by atomic mass is 10.00. The second-order valence-electron chi connectivity index (χ2n) is 35.2. The number of nitrogens with zero attached hydrogens (tertiary/aromatic N) is 9. The zero-order chi connectivity index (χ0) is 110. The summed E-state index contributed by atoms with van der Waals surface area (Å²) in [5.74, 6) is -0.945. The summed E-state index contributed by atoms with van der Waals surface area (Å²) in [4.78, 5) is 125. The summed E-state index contributed by atoms with van der Waals surface area (Å²) in [6, 6.07) is 12.5. The van der Waals surface area contributed by atoms with Crippen LogP contribution < -0.4 is 71.6 Å². The van der Waals surface area contributed by atoms with Gasteiger partial charge in [0, 0.05) is 48.2 Å². The van der Waals surface area contributed by atoms with Crippen molar-refractivity contribution in [1.29, 1.82) is 0 Å². The van der Waals surface area contributed by atoms with E-state index in [1.165, 1.54) is 75.0 Å². The molecule has 14 rings (SSSR count). The van der Waals surface area contributed by atoms with Gasteiger partial charge in [0.25, 0.3) is 5.56 Å². The van der Waals surface area contributed by atoms with Gasteiger partial charge in [-0.05, 0) is 119 Å². The molecule has 0 radical (unpaired) electrons. The Kier molecular flexibility index (Phi) is 42.1. The maximum Gasteiger partial charge on any atom is 0.475 e. The second kappa shape index (κ2) is 50.2. The minimum Gasteiger partial charge on any atom is -0.462 e. The number of thioether (sulfide) groups is 1. The maximum atomic E-state index is 13.6. The van der Waals surface area contributed by atoms with E-state index in [0.29, 0.717) is 0 Å². The van der Waals surface area contributed by atoms with Gasteiger partial charge in [-0.2, -0.15) is 25.0 Å². The minimum atomic E-state index is -4.27. The summed E-state index contributed by atoms with van der Waals surface area (Å²) in [6.45, 7) is 23.2. The highest BCUT2D eigenvalue weighted by Gasteiger charge is 2.66. The van der Waals surface area contributed by atoms with Crippen molar-refractivity contribution >= 4 is 207 Å². The first-order valence-corrected chi connectivity index (χ1v) is 56.4. The highest BCUT2D eigenvalue weighted by Crippen LogP contribution is 2.65. The second-order valence-corrected chi connectivity index (χ2v) is 51.7. The standard InChI is InChI=1S/C22H34Cl2N3O10PS.C21H27Cl2N4O8P.3C12H16Cl2N3O6P/c1-12(2)36-17(30)13(3)26-38(33,34-9-10-39-19(31)21(4,5)6)35-11-14-16(29)22(23,24)18(37-14)27-8-7-15(28)25-20(27)32;1-12(2)33-18(29)13(3)26-36(31,35-14-7-5-4-6-8-14)32-11-15-17(28)21(22,23)19(34-15)27-10-9-16(24)25-20(27)30;3*1-6(2)22-24(19)20-5-7-9(23-24)12(13,14)10(21-7)17-4-3-8(15)16-11(17)18/h7-8,12-14,16,18,29H,9-11H2,1-6H3,(H,26,33)(H,25,28,32);4-10,12-13,15,17,19,28H,11H2,1-3H3,(H,26,31)(H2,24,25,30);3*3-4,6-7,9-10H,5H2,1-2H3,(H2,15,16,18)/t13?,14-,16-,18-,38?;13-,15+,17+,19+,36-;7-,9-,10-,24?;7-,9-,10-,24+;7-,9-,10-,24-/m10111/s1. The van der Waals surface area contributed by atoms with E-state index in [1.54, 1.807) is 108 Å². The smallest absolute Gasteiger partial charge is 0.462 e. The van der Waals surface area contributed by atoms with E-state index in [1.807, 2.05) is 4.98 Å². The molecule has 0 bridgehead atoms. The van der Waals surface area contributed by atoms with E-state index in [2.05, 4.69) is 30.1 Å². The Morgan fingerprint density at radius 2 is 0.782 bits per heavy atom. The van der Waals surface area contributed by atoms with E-state index in [9.17, 15) is 76.2 Å². The molecule has 0 saturated carbocycles. The summed E-state index contributed by atoms with van der Waals surface area (Å²) >= 11 is 64.5. The lowest BCUT2D eigenvalue weighted by Crippen LogP contribution is -2.43. The van der Waals surface area contributed by atoms with Crippen molar-refractivity contribution < 1.29 is 139 Å². The van der Waals surface area contributed by atoms with E-state index in [4.69, 9.17) is 231 Å². The van der Waals surface area contributed by atoms with Crippen molar-refractivity contribution in [3.63, 3.8) is 0 Å². The van der Waals surface area contributed by atoms with Gasteiger partial charge in [-0.3, -0.25) is 101 Å². The highest BCUT2D eigenvalue weighted by atomic mass is 35.5. The molecule has 8 fully saturated rings. The number of nitrogens with two attached hydrogens (primary N) is 4. The molecule has 822 valence electrons. The van der Waals surface area contributed by atoms with Crippen LogP contribution in [0.5, 0.6) is 5.75 Å². The zero-order valence-corrected chi connectivity index (χ0v) is 93.2. The number of aromatic amines is 1. The maximum absolute atomic E-state index is 13.6. The van der Waals surface area contributed by atoms with Crippen molar-refractivity contribution in [2.75, 3.05) is 68.3 Å². The summed E-state index contributed by atoms with van der Waals surface area (Å²) in [5, 5.41) is 26.3. The number of hydrogen-bond acceptors (Lipinski definition) is 45. The topological polar surface area (TPSA) is 684 Å². The number of ether oxygens (including phenoxy) is 7. The Labute approximate surface area is 892 Å². The van der Waals surface area contributed by atoms with Gasteiger partial charge < -0.3 is 70.8 Å². The molecule has 8 saturated heterocycles. The van der Waals surface area contributed by atoms with Crippen LogP contribution in [-0.4, -0.2) is 246 Å². The number of H-pyrrole nitrogens is 1. The van der Waals surface area contributed by atoms with Gasteiger partial charge in [0.1, 0.15) is 102 Å². The number of rotatable bonds is 31. The number of aromatic nitrogens is 10. The fourth-order valence-corrected chi connectivity index (χ4v) is 26.1. The number of phosphoric ester groups is 3. The monoisotopic (exact) mass is 2390 g/mol. The number of nitrogen functional groups attached to an aromatic ring is 4. The Morgan fingerprint density at radius 3 is 1.10 bits per heavy atom. The van der Waals surface area contributed by atoms with E-state index < -0.39 is 260 Å². The number of aliphatic hydroxyl groups is 2. The molecule has 6 aromatic rings. The van der Waals surface area contributed by atoms with Crippen LogP contribution in [0.4, 0.5) is 23.3 Å². The molecule has 0 spiro atoms. The van der Waals surface area contributed by atoms with Gasteiger partial charge >= 0.3 is 79.3 Å². The molecule has 8 aliphatic heterocycles. The largest absolute Gasteiger partial charge is 0.475 e. The third kappa shape index (κ3) is 31.5. The SMILES string of the molecule is CC(C)OC(=O)C(C)NP(=O)(OCCSC(=O)C(C)(C)C)OC[C@H]1O[C@@H](n2ccc(=O)[nH]c2=O)C(Cl)(Cl)[C@@H]1O.CC(C)OC(=O)[C@H](C)N[P@](=O)(OC[C@H]1O[C@@H](n2ccc(N)nc2=O)C(Cl)(Cl)[C@@H]1O)Oc1ccccc1.CC(C)OP1(=O)OC[C@H]2O[C@@H](n3ccc(N)nc3=O)C(Cl)(Cl)[C@@H]2O1.CC(C)O[P@@]1(=O)OC[C@H]2O[C@@H](n3ccc(N)nc3=O)C(Cl)(Cl)[C@@H]2O1.CC(C)O[P@]1(=O)OC[C@H]2O[C@@H](n3ccc(N)nc3=O)C(Cl)(Cl)[C@@H]2O1. The Hall–Kier alpha value is -5.41. The van der Waals surface area contributed by atoms with Crippen LogP contribution in [0.25, 0.3) is 0 Å². The molecule has 5 aromatic heterocycles. The van der Waals surface area contributed by atoms with Crippen LogP contribution in [0, 0.1) is 5.41 Å². The molecule has 147 heavy (non-hydrogen) atoms. The normalized spacial score (nSPS) is 29.2. The first kappa shape index (κ1) is 123. The van der Waals surface area contributed by atoms with Gasteiger partial charge in [0.15, 0.2) is 57.9 Å². The van der Waals surface area contributed by atoms with E-state index >= 15 is 0 Å². The number of halogens is 10. The van der Waals surface area contributed by atoms with E-state index in [0.717, 1.165) is 46.9 Å². The third-order valence-corrected chi connectivity index (χ3v) is 33.9. The van der Waals surface area contributed by atoms with Crippen molar-refractivity contribution in [3.8, 4) is 5.75 Å². The lowest BCUT2D eigenvalue weighted by molar-refractivity contribution is -0.150. The Bertz CT molecular complexity index is 5970. The van der Waals surface area contributed by atoms with Crippen LogP contribution in [0.1, 0.15) is 135 Å². The fourth-order valence-electron chi connectivity index (χ4n) is 13.8. The molecule has 13 N–H and O–H groups in total. The van der Waals surface area contributed by atoms with E-state index in [-0.39, 0.29) is 66.3 Å². The molecule has 3 unspecified atom stereocenters. The van der Waals surface area contributed by atoms with Crippen molar-refractivity contribution in [2.45, 2.75) is 260 Å². The molecule has 52 nitrogen and oxygen atoms in total. The quantitative estimate of drug-likeness (QED) is 0.00845. The van der Waals surface area contributed by atoms with Crippen LogP contribution in [-0.2, 0) is 125 Å². The highest BCUT2D eigenvalue weighted by molar-refractivity contribution is 8.13. The van der Waals surface area contributed by atoms with Crippen LogP contribution >= 0.6 is 167 Å². The van der Waals surface area contributed by atoms with Gasteiger partial charge in [0.2, 0.25) is 0 Å². The molecule has 1 aromatic carbocycles. The number of hydrogen-bond donors (Lipinski definition) is 9. The first-order chi connectivity index (χ1) is 68.1. The van der Waals surface area contributed by atoms with Crippen molar-refractivity contribution in [2.24, 2.45) is 5.41 Å². The number of anilines is 4. The average molecular weight is 2400 g/mol. The molecule has 13 heterocycles. The van der Waals surface area contributed by atoms with Crippen LogP contribution in [0.15, 0.2) is 120 Å². The van der Waals surface area contributed by atoms with Gasteiger partial charge in [-0.15, -0.1) is 0 Å². The summed E-state index contributed by atoms with van der Waals surface area (Å²) < 4.78 is 168. The number of esters is 2. The van der Waals surface area contributed by atoms with Crippen molar-refractivity contribution in [3.05, 3.63) is 154 Å². The number of benzene rings is 1. The Balaban J connectivity index is 0.000000191. The number of para-hydroxylation sites is 1. The average Bonchev–Trinajstić information content (AvgIpc) is 1.61. The van der Waals surface area contributed by atoms with Crippen molar-refractivity contribution in [1.82, 2.24) is 57.9 Å². The van der Waals surface area contributed by atoms with Gasteiger partial charge in [-0.25, -0.2) is 51.9 Å². The molecule has 22 atom stereocenters. The third-order valence-electron chi connectivity index (χ3n) is 20.4. The number of alkyl halides is 10. The molecular weight excluding hydrogens is 2290 g/mol. The molecule has 68 heteroatoms. The van der Waals surface area contributed by atoms with Crippen LogP contribution in [0.3, 0.4) is 0 Å². The molecule has 8 aliphatic rings. The Morgan fingerprint density at radius 1 is 0.469 bits per heavy atom. The molecule has 0 aliphatic carbocycles. The lowest BCUT2D eigenvalue weighted by Gasteiger charge is -2.33. The number of aliphatic hydroxyl groups excluding tert-OH is 2.